The summed E-state index contributed by atoms with van der Waals surface area (Å²) in [4.78, 5) is 12.2. The molecule has 0 fully saturated rings. The van der Waals surface area contributed by atoms with E-state index in [-0.39, 0.29) is 11.2 Å². The summed E-state index contributed by atoms with van der Waals surface area (Å²) in [5.41, 5.74) is 2.82. The molecule has 0 bridgehead atoms. The van der Waals surface area contributed by atoms with Crippen LogP contribution in [-0.2, 0) is 6.42 Å². The van der Waals surface area contributed by atoms with Crippen molar-refractivity contribution in [1.82, 2.24) is 4.57 Å². The highest BCUT2D eigenvalue weighted by molar-refractivity contribution is 9.10. The number of nitrogens with zero attached hydrogens (tertiary/aromatic N) is 1. The van der Waals surface area contributed by atoms with E-state index in [1.807, 2.05) is 35.0 Å². The molecule has 2 nitrogen and oxygen atoms in total. The summed E-state index contributed by atoms with van der Waals surface area (Å²) in [6.07, 6.45) is 3.44. The molecule has 2 aromatic rings. The first-order valence-electron chi connectivity index (χ1n) is 6.56. The van der Waals surface area contributed by atoms with Gasteiger partial charge in [-0.2, -0.15) is 0 Å². The molecule has 0 atom stereocenters. The van der Waals surface area contributed by atoms with E-state index in [0.29, 0.717) is 11.4 Å². The van der Waals surface area contributed by atoms with Crippen LogP contribution < -0.4 is 0 Å². The first-order valence-corrected chi connectivity index (χ1v) is 7.73. The summed E-state index contributed by atoms with van der Waals surface area (Å²) in [6, 6.07) is 7.71. The van der Waals surface area contributed by atoms with E-state index in [0.717, 1.165) is 27.8 Å². The molecule has 1 aliphatic rings. The average molecular weight is 353 g/mol. The molecule has 0 spiro atoms. The first kappa shape index (κ1) is 13.9. The van der Waals surface area contributed by atoms with Gasteiger partial charge in [0.1, 0.15) is 0 Å². The van der Waals surface area contributed by atoms with Crippen molar-refractivity contribution in [1.29, 1.82) is 0 Å². The maximum Gasteiger partial charge on any atom is 0.165 e. The average Bonchev–Trinajstić information content (AvgIpc) is 2.71. The zero-order valence-corrected chi connectivity index (χ0v) is 13.8. The van der Waals surface area contributed by atoms with E-state index >= 15 is 0 Å². The lowest BCUT2D eigenvalue weighted by molar-refractivity contribution is 0.0911. The maximum absolute atomic E-state index is 12.2. The van der Waals surface area contributed by atoms with Gasteiger partial charge in [0, 0.05) is 28.3 Å². The second-order valence-corrected chi connectivity index (χ2v) is 7.41. The third-order valence-corrected chi connectivity index (χ3v) is 4.54. The fourth-order valence-corrected chi connectivity index (χ4v) is 3.61. The summed E-state index contributed by atoms with van der Waals surface area (Å²) in [5, 5.41) is 0.675. The standard InChI is InChI=1S/C16H15BrClNO/c1-16(2)8-14-11(15(20)9-16)5-6-19(14)13-4-3-10(17)7-12(13)18/h3-7H,8-9H2,1-2H3. The first-order chi connectivity index (χ1) is 9.37. The molecule has 0 aliphatic heterocycles. The number of benzene rings is 1. The lowest BCUT2D eigenvalue weighted by Crippen LogP contribution is -2.27. The lowest BCUT2D eigenvalue weighted by atomic mass is 9.76. The summed E-state index contributed by atoms with van der Waals surface area (Å²) < 4.78 is 2.99. The number of hydrogen-bond donors (Lipinski definition) is 0. The lowest BCUT2D eigenvalue weighted by Gasteiger charge is -2.29. The topological polar surface area (TPSA) is 22.0 Å². The van der Waals surface area contributed by atoms with Crippen LogP contribution in [0.1, 0.15) is 36.3 Å². The summed E-state index contributed by atoms with van der Waals surface area (Å²) >= 11 is 9.75. The van der Waals surface area contributed by atoms with Crippen molar-refractivity contribution in [3.8, 4) is 5.69 Å². The van der Waals surface area contributed by atoms with Gasteiger partial charge in [0.25, 0.3) is 0 Å². The second-order valence-electron chi connectivity index (χ2n) is 6.08. The molecule has 3 rings (SSSR count). The fourth-order valence-electron chi connectivity index (χ4n) is 2.85. The van der Waals surface area contributed by atoms with E-state index in [1.165, 1.54) is 0 Å². The molecule has 104 valence electrons. The van der Waals surface area contributed by atoms with Gasteiger partial charge >= 0.3 is 0 Å². The van der Waals surface area contributed by atoms with Crippen molar-refractivity contribution >= 4 is 33.3 Å². The fraction of sp³-hybridized carbons (Fsp3) is 0.312. The van der Waals surface area contributed by atoms with Gasteiger partial charge in [0.05, 0.1) is 10.7 Å². The highest BCUT2D eigenvalue weighted by Crippen LogP contribution is 2.37. The van der Waals surface area contributed by atoms with E-state index in [4.69, 9.17) is 11.6 Å². The van der Waals surface area contributed by atoms with Crippen LogP contribution in [0.3, 0.4) is 0 Å². The summed E-state index contributed by atoms with van der Waals surface area (Å²) in [6.45, 7) is 4.27. The van der Waals surface area contributed by atoms with E-state index in [9.17, 15) is 4.79 Å². The van der Waals surface area contributed by atoms with Gasteiger partial charge in [0.15, 0.2) is 5.78 Å². The molecule has 0 unspecified atom stereocenters. The van der Waals surface area contributed by atoms with E-state index in [1.54, 1.807) is 0 Å². The number of rotatable bonds is 1. The molecule has 1 aromatic heterocycles. The Hall–Kier alpha value is -1.06. The number of carbonyl (C=O) groups excluding carboxylic acids is 1. The van der Waals surface area contributed by atoms with Gasteiger partial charge in [0.2, 0.25) is 0 Å². The van der Waals surface area contributed by atoms with Crippen LogP contribution in [0.2, 0.25) is 5.02 Å². The second kappa shape index (κ2) is 4.74. The Kier molecular flexibility index (Phi) is 3.30. The van der Waals surface area contributed by atoms with Gasteiger partial charge < -0.3 is 4.57 Å². The Morgan fingerprint density at radius 1 is 1.25 bits per heavy atom. The highest BCUT2D eigenvalue weighted by Gasteiger charge is 2.33. The molecule has 0 amide bonds. The van der Waals surface area contributed by atoms with E-state index in [2.05, 4.69) is 29.8 Å². The number of aromatic nitrogens is 1. The van der Waals surface area contributed by atoms with Crippen LogP contribution in [0.4, 0.5) is 0 Å². The Balaban J connectivity index is 2.16. The number of halogens is 2. The Labute approximate surface area is 131 Å². The van der Waals surface area contributed by atoms with Crippen LogP contribution in [0.15, 0.2) is 34.9 Å². The molecule has 0 saturated carbocycles. The van der Waals surface area contributed by atoms with Crippen molar-refractivity contribution < 1.29 is 4.79 Å². The molecule has 0 saturated heterocycles. The van der Waals surface area contributed by atoms with Gasteiger partial charge in [-0.25, -0.2) is 0 Å². The number of Topliss-reactive ketones (excluding diaryl/α,β-unsaturated/α-hetero) is 1. The number of carbonyl (C=O) groups is 1. The SMILES string of the molecule is CC1(C)CC(=O)c2ccn(-c3ccc(Br)cc3Cl)c2C1. The Bertz CT molecular complexity index is 702. The van der Waals surface area contributed by atoms with Crippen molar-refractivity contribution in [2.75, 3.05) is 0 Å². The molecule has 0 radical (unpaired) electrons. The molecule has 4 heteroatoms. The van der Waals surface area contributed by atoms with Crippen molar-refractivity contribution in [2.45, 2.75) is 26.7 Å². The molecule has 1 aromatic carbocycles. The zero-order chi connectivity index (χ0) is 14.5. The number of ketones is 1. The Morgan fingerprint density at radius 2 is 2.00 bits per heavy atom. The molecule has 20 heavy (non-hydrogen) atoms. The molecule has 1 heterocycles. The monoisotopic (exact) mass is 351 g/mol. The molecule has 1 aliphatic carbocycles. The maximum atomic E-state index is 12.2. The van der Waals surface area contributed by atoms with Crippen molar-refractivity contribution in [3.05, 3.63) is 51.2 Å². The van der Waals surface area contributed by atoms with Gasteiger partial charge in [-0.3, -0.25) is 4.79 Å². The van der Waals surface area contributed by atoms with Crippen molar-refractivity contribution in [2.24, 2.45) is 5.41 Å². The minimum Gasteiger partial charge on any atom is -0.319 e. The van der Waals surface area contributed by atoms with Crippen LogP contribution in [0.5, 0.6) is 0 Å². The summed E-state index contributed by atoms with van der Waals surface area (Å²) in [7, 11) is 0. The third-order valence-electron chi connectivity index (χ3n) is 3.75. The zero-order valence-electron chi connectivity index (χ0n) is 11.4. The van der Waals surface area contributed by atoms with Crippen molar-refractivity contribution in [3.63, 3.8) is 0 Å². The molecule has 0 N–H and O–H groups in total. The molecular weight excluding hydrogens is 338 g/mol. The minimum atomic E-state index is 0.00201. The molecular formula is C16H15BrClNO. The highest BCUT2D eigenvalue weighted by atomic mass is 79.9. The predicted octanol–water partition coefficient (Wildman–Crippen LogP) is 5.05. The van der Waals surface area contributed by atoms with Gasteiger partial charge in [-0.1, -0.05) is 41.4 Å². The minimum absolute atomic E-state index is 0.00201. The van der Waals surface area contributed by atoms with E-state index < -0.39 is 0 Å². The third kappa shape index (κ3) is 2.33. The van der Waals surface area contributed by atoms with Crippen LogP contribution in [-0.4, -0.2) is 10.4 Å². The van der Waals surface area contributed by atoms with Gasteiger partial charge in [-0.05, 0) is 36.1 Å². The van der Waals surface area contributed by atoms with Crippen LogP contribution >= 0.6 is 27.5 Å². The summed E-state index contributed by atoms with van der Waals surface area (Å²) in [5.74, 6) is 0.225. The number of fused-ring (bicyclic) bond motifs is 1. The largest absolute Gasteiger partial charge is 0.319 e. The smallest absolute Gasteiger partial charge is 0.165 e. The number of hydrogen-bond acceptors (Lipinski definition) is 1. The van der Waals surface area contributed by atoms with Gasteiger partial charge in [-0.15, -0.1) is 0 Å². The quantitative estimate of drug-likeness (QED) is 0.704. The predicted molar refractivity (Wildman–Crippen MR) is 84.9 cm³/mol. The van der Waals surface area contributed by atoms with Crippen LogP contribution in [0, 0.1) is 5.41 Å². The Morgan fingerprint density at radius 3 is 2.70 bits per heavy atom. The van der Waals surface area contributed by atoms with Crippen LogP contribution in [0.25, 0.3) is 5.69 Å². The normalized spacial score (nSPS) is 17.1.